The molecule has 1 aromatic rings. The van der Waals surface area contributed by atoms with Crippen LogP contribution in [0, 0.1) is 0 Å². The normalized spacial score (nSPS) is 32.6. The lowest BCUT2D eigenvalue weighted by atomic mass is 9.67. The summed E-state index contributed by atoms with van der Waals surface area (Å²) in [6.45, 7) is 2.20. The van der Waals surface area contributed by atoms with Crippen LogP contribution in [0.3, 0.4) is 0 Å². The maximum atomic E-state index is 12.0. The summed E-state index contributed by atoms with van der Waals surface area (Å²) in [6, 6.07) is 8.07. The lowest BCUT2D eigenvalue weighted by Gasteiger charge is -2.46. The van der Waals surface area contributed by atoms with Crippen LogP contribution in [0.2, 0.25) is 0 Å². The topological polar surface area (TPSA) is 29.1 Å². The highest BCUT2D eigenvalue weighted by Gasteiger charge is 2.43. The summed E-state index contributed by atoms with van der Waals surface area (Å²) in [6.07, 6.45) is 4.82. The summed E-state index contributed by atoms with van der Waals surface area (Å²) in [4.78, 5) is 12.0. The Morgan fingerprint density at radius 1 is 1.31 bits per heavy atom. The van der Waals surface area contributed by atoms with Crippen LogP contribution in [0.1, 0.15) is 54.4 Å². The molecule has 84 valence electrons. The number of amides is 1. The van der Waals surface area contributed by atoms with Crippen LogP contribution in [0.25, 0.3) is 0 Å². The van der Waals surface area contributed by atoms with Gasteiger partial charge in [-0.25, -0.2) is 0 Å². The summed E-state index contributed by atoms with van der Waals surface area (Å²) in [5, 5.41) is 3.21. The minimum Gasteiger partial charge on any atom is -0.346 e. The van der Waals surface area contributed by atoms with Gasteiger partial charge in [0.2, 0.25) is 0 Å². The molecular weight excluding hydrogens is 198 g/mol. The number of benzene rings is 1. The van der Waals surface area contributed by atoms with Crippen LogP contribution in [0.15, 0.2) is 24.3 Å². The molecule has 3 rings (SSSR count). The highest BCUT2D eigenvalue weighted by molar-refractivity contribution is 5.97. The molecule has 1 fully saturated rings. The molecule has 1 heterocycles. The van der Waals surface area contributed by atoms with Crippen molar-refractivity contribution in [1.82, 2.24) is 5.32 Å². The van der Waals surface area contributed by atoms with E-state index in [0.717, 1.165) is 12.0 Å². The predicted octanol–water partition coefficient (Wildman–Crippen LogP) is 2.85. The summed E-state index contributed by atoms with van der Waals surface area (Å²) >= 11 is 0. The van der Waals surface area contributed by atoms with Gasteiger partial charge in [-0.3, -0.25) is 4.79 Å². The smallest absolute Gasteiger partial charge is 0.252 e. The zero-order valence-electron chi connectivity index (χ0n) is 9.62. The van der Waals surface area contributed by atoms with Gasteiger partial charge in [-0.05, 0) is 31.4 Å². The summed E-state index contributed by atoms with van der Waals surface area (Å²) in [7, 11) is 0. The molecular formula is C14H17NO. The summed E-state index contributed by atoms with van der Waals surface area (Å²) < 4.78 is 0. The molecule has 1 aliphatic heterocycles. The van der Waals surface area contributed by atoms with E-state index in [1.165, 1.54) is 24.8 Å². The fraction of sp³-hybridized carbons (Fsp3) is 0.500. The molecule has 1 aromatic carbocycles. The van der Waals surface area contributed by atoms with E-state index in [4.69, 9.17) is 0 Å². The number of hydrogen-bond donors (Lipinski definition) is 1. The molecule has 0 aromatic heterocycles. The molecule has 0 saturated heterocycles. The van der Waals surface area contributed by atoms with Gasteiger partial charge in [0.05, 0.1) is 0 Å². The molecule has 2 aliphatic rings. The molecule has 0 radical (unpaired) electrons. The van der Waals surface area contributed by atoms with Crippen molar-refractivity contribution in [3.8, 4) is 0 Å². The van der Waals surface area contributed by atoms with E-state index in [9.17, 15) is 4.79 Å². The van der Waals surface area contributed by atoms with E-state index in [1.807, 2.05) is 18.2 Å². The second kappa shape index (κ2) is 3.34. The second-order valence-corrected chi connectivity index (χ2v) is 5.26. The zero-order valence-corrected chi connectivity index (χ0v) is 9.62. The van der Waals surface area contributed by atoms with E-state index in [0.29, 0.717) is 5.92 Å². The lowest BCUT2D eigenvalue weighted by molar-refractivity contribution is 0.0829. The largest absolute Gasteiger partial charge is 0.346 e. The molecule has 1 amide bonds. The lowest BCUT2D eigenvalue weighted by Crippen LogP contribution is -2.55. The van der Waals surface area contributed by atoms with Crippen LogP contribution in [0.4, 0.5) is 0 Å². The molecule has 2 atom stereocenters. The van der Waals surface area contributed by atoms with E-state index >= 15 is 0 Å². The molecule has 1 saturated carbocycles. The average Bonchev–Trinajstić information content (AvgIpc) is 2.28. The van der Waals surface area contributed by atoms with Gasteiger partial charge < -0.3 is 5.32 Å². The summed E-state index contributed by atoms with van der Waals surface area (Å²) in [5.74, 6) is 0.617. The Morgan fingerprint density at radius 3 is 3.00 bits per heavy atom. The Morgan fingerprint density at radius 2 is 2.12 bits per heavy atom. The first-order valence-electron chi connectivity index (χ1n) is 6.12. The number of hydrogen-bond acceptors (Lipinski definition) is 1. The van der Waals surface area contributed by atoms with E-state index in [1.54, 1.807) is 0 Å². The fourth-order valence-electron chi connectivity index (χ4n) is 3.32. The number of carbonyl (C=O) groups excluding carboxylic acids is 1. The van der Waals surface area contributed by atoms with Crippen molar-refractivity contribution in [2.24, 2.45) is 0 Å². The van der Waals surface area contributed by atoms with Gasteiger partial charge in [0.15, 0.2) is 0 Å². The highest BCUT2D eigenvalue weighted by atomic mass is 16.1. The maximum Gasteiger partial charge on any atom is 0.252 e. The van der Waals surface area contributed by atoms with Gasteiger partial charge in [-0.2, -0.15) is 0 Å². The number of fused-ring (bicyclic) bond motifs is 3. The Hall–Kier alpha value is -1.31. The third kappa shape index (κ3) is 1.29. The van der Waals surface area contributed by atoms with Crippen molar-refractivity contribution in [1.29, 1.82) is 0 Å². The van der Waals surface area contributed by atoms with E-state index < -0.39 is 0 Å². The minimum atomic E-state index is -0.0102. The van der Waals surface area contributed by atoms with Crippen molar-refractivity contribution in [3.05, 3.63) is 35.4 Å². The van der Waals surface area contributed by atoms with Crippen LogP contribution in [0.5, 0.6) is 0 Å². The predicted molar refractivity (Wildman–Crippen MR) is 63.5 cm³/mol. The SMILES string of the molecule is C[C@@]12CCCC[C@H]1c1ccccc1C(=O)N2. The molecule has 1 aliphatic carbocycles. The Kier molecular flexibility index (Phi) is 2.06. The number of rotatable bonds is 0. The van der Waals surface area contributed by atoms with Crippen molar-refractivity contribution in [2.45, 2.75) is 44.1 Å². The van der Waals surface area contributed by atoms with Gasteiger partial charge in [0.25, 0.3) is 5.91 Å². The quantitative estimate of drug-likeness (QED) is 0.708. The standard InChI is InChI=1S/C14H17NO/c1-14-9-5-4-8-12(14)10-6-2-3-7-11(10)13(16)15-14/h2-3,6-7,12H,4-5,8-9H2,1H3,(H,15,16)/t12-,14+/m0/s1. The molecule has 2 nitrogen and oxygen atoms in total. The Balaban J connectivity index is 2.13. The van der Waals surface area contributed by atoms with Gasteiger partial charge in [-0.15, -0.1) is 0 Å². The van der Waals surface area contributed by atoms with Crippen molar-refractivity contribution in [2.75, 3.05) is 0 Å². The first kappa shape index (κ1) is 9.88. The third-order valence-electron chi connectivity index (χ3n) is 4.19. The minimum absolute atomic E-state index is 0.0102. The molecule has 1 N–H and O–H groups in total. The fourth-order valence-corrected chi connectivity index (χ4v) is 3.32. The zero-order chi connectivity index (χ0) is 11.2. The molecule has 0 spiro atoms. The van der Waals surface area contributed by atoms with Crippen LogP contribution >= 0.6 is 0 Å². The second-order valence-electron chi connectivity index (χ2n) is 5.26. The van der Waals surface area contributed by atoms with Gasteiger partial charge in [0.1, 0.15) is 0 Å². The number of nitrogens with one attached hydrogen (secondary N) is 1. The molecule has 2 heteroatoms. The Labute approximate surface area is 96.1 Å². The Bertz CT molecular complexity index is 440. The van der Waals surface area contributed by atoms with Crippen LogP contribution in [-0.4, -0.2) is 11.4 Å². The van der Waals surface area contributed by atoms with Gasteiger partial charge >= 0.3 is 0 Å². The van der Waals surface area contributed by atoms with Gasteiger partial charge in [-0.1, -0.05) is 31.0 Å². The first-order chi connectivity index (χ1) is 7.71. The van der Waals surface area contributed by atoms with Crippen molar-refractivity contribution < 1.29 is 4.79 Å². The molecule has 0 unspecified atom stereocenters. The van der Waals surface area contributed by atoms with Crippen LogP contribution in [-0.2, 0) is 0 Å². The van der Waals surface area contributed by atoms with E-state index in [2.05, 4.69) is 18.3 Å². The summed E-state index contributed by atoms with van der Waals surface area (Å²) in [5.41, 5.74) is 2.13. The maximum absolute atomic E-state index is 12.0. The number of carbonyl (C=O) groups is 1. The third-order valence-corrected chi connectivity index (χ3v) is 4.19. The van der Waals surface area contributed by atoms with E-state index in [-0.39, 0.29) is 11.4 Å². The first-order valence-corrected chi connectivity index (χ1v) is 6.12. The highest BCUT2D eigenvalue weighted by Crippen LogP contribution is 2.44. The monoisotopic (exact) mass is 215 g/mol. The van der Waals surface area contributed by atoms with Crippen LogP contribution < -0.4 is 5.32 Å². The van der Waals surface area contributed by atoms with Crippen molar-refractivity contribution in [3.63, 3.8) is 0 Å². The molecule has 16 heavy (non-hydrogen) atoms. The average molecular weight is 215 g/mol. The van der Waals surface area contributed by atoms with Crippen molar-refractivity contribution >= 4 is 5.91 Å². The van der Waals surface area contributed by atoms with Gasteiger partial charge in [0, 0.05) is 17.0 Å². The molecule has 0 bridgehead atoms.